The van der Waals surface area contributed by atoms with Crippen LogP contribution in [0.4, 0.5) is 0 Å². The lowest BCUT2D eigenvalue weighted by molar-refractivity contribution is 0.632. The van der Waals surface area contributed by atoms with Crippen molar-refractivity contribution in [3.05, 3.63) is 47.5 Å². The summed E-state index contributed by atoms with van der Waals surface area (Å²) in [7, 11) is 0. The molecule has 0 saturated carbocycles. The van der Waals surface area contributed by atoms with E-state index in [1.807, 2.05) is 0 Å². The number of unbranched alkanes of at least 4 members (excludes halogenated alkanes) is 5. The summed E-state index contributed by atoms with van der Waals surface area (Å²) >= 11 is 0. The molecule has 0 saturated heterocycles. The molecule has 0 heteroatoms. The Hall–Kier alpha value is -1.30. The van der Waals surface area contributed by atoms with E-state index in [0.717, 1.165) is 0 Å². The molecule has 0 aliphatic rings. The lowest BCUT2D eigenvalue weighted by atomic mass is 9.99. The first-order valence-corrected chi connectivity index (χ1v) is 8.85. The lowest BCUT2D eigenvalue weighted by Crippen LogP contribution is -1.88. The number of fused-ring (bicyclic) bond motifs is 1. The number of rotatable bonds is 9. The first-order chi connectivity index (χ1) is 10.3. The van der Waals surface area contributed by atoms with Crippen LogP contribution in [0.15, 0.2) is 36.4 Å². The Bertz CT molecular complexity index is 539. The van der Waals surface area contributed by atoms with Crippen LogP contribution in [0, 0.1) is 0 Å². The molecular formula is C21H30. The minimum Gasteiger partial charge on any atom is -0.0654 e. The van der Waals surface area contributed by atoms with Gasteiger partial charge in [0.1, 0.15) is 0 Å². The Kier molecular flexibility index (Phi) is 6.79. The normalized spacial score (nSPS) is 11.1. The van der Waals surface area contributed by atoms with Gasteiger partial charge in [0.2, 0.25) is 0 Å². The van der Waals surface area contributed by atoms with Crippen LogP contribution in [0.2, 0.25) is 0 Å². The summed E-state index contributed by atoms with van der Waals surface area (Å²) in [6, 6.07) is 14.0. The van der Waals surface area contributed by atoms with E-state index < -0.39 is 0 Å². The molecule has 0 amide bonds. The van der Waals surface area contributed by atoms with Gasteiger partial charge in [-0.3, -0.25) is 0 Å². The van der Waals surface area contributed by atoms with Gasteiger partial charge in [0.25, 0.3) is 0 Å². The fourth-order valence-electron chi connectivity index (χ4n) is 2.97. The van der Waals surface area contributed by atoms with Crippen molar-refractivity contribution in [3.8, 4) is 0 Å². The summed E-state index contributed by atoms with van der Waals surface area (Å²) in [5.74, 6) is 0. The molecule has 2 rings (SSSR count). The highest BCUT2D eigenvalue weighted by Crippen LogP contribution is 2.20. The third kappa shape index (κ3) is 5.19. The van der Waals surface area contributed by atoms with Crippen molar-refractivity contribution in [1.82, 2.24) is 0 Å². The van der Waals surface area contributed by atoms with Crippen LogP contribution in [0.3, 0.4) is 0 Å². The number of benzene rings is 2. The van der Waals surface area contributed by atoms with Crippen molar-refractivity contribution in [1.29, 1.82) is 0 Å². The van der Waals surface area contributed by atoms with Crippen LogP contribution < -0.4 is 0 Å². The zero-order valence-corrected chi connectivity index (χ0v) is 13.8. The molecule has 0 atom stereocenters. The Morgan fingerprint density at radius 2 is 1.10 bits per heavy atom. The summed E-state index contributed by atoms with van der Waals surface area (Å²) in [6.07, 6.45) is 11.8. The minimum atomic E-state index is 1.21. The Morgan fingerprint density at radius 3 is 1.67 bits per heavy atom. The highest BCUT2D eigenvalue weighted by atomic mass is 14.0. The van der Waals surface area contributed by atoms with Crippen molar-refractivity contribution in [2.24, 2.45) is 0 Å². The number of aryl methyl sites for hydroxylation is 2. The van der Waals surface area contributed by atoms with Crippen LogP contribution in [-0.4, -0.2) is 0 Å². The van der Waals surface area contributed by atoms with Crippen molar-refractivity contribution in [2.75, 3.05) is 0 Å². The van der Waals surface area contributed by atoms with Gasteiger partial charge >= 0.3 is 0 Å². The van der Waals surface area contributed by atoms with Crippen LogP contribution in [0.1, 0.15) is 69.9 Å². The van der Waals surface area contributed by atoms with E-state index >= 15 is 0 Å². The van der Waals surface area contributed by atoms with Gasteiger partial charge in [-0.1, -0.05) is 82.3 Å². The van der Waals surface area contributed by atoms with Gasteiger partial charge in [0.15, 0.2) is 0 Å². The van der Waals surface area contributed by atoms with Gasteiger partial charge in [0, 0.05) is 0 Å². The molecule has 2 aromatic rings. The quantitative estimate of drug-likeness (QED) is 0.449. The molecule has 0 N–H and O–H groups in total. The summed E-state index contributed by atoms with van der Waals surface area (Å²) < 4.78 is 0. The van der Waals surface area contributed by atoms with Gasteiger partial charge < -0.3 is 0 Å². The van der Waals surface area contributed by atoms with E-state index in [9.17, 15) is 0 Å². The van der Waals surface area contributed by atoms with Gasteiger partial charge in [-0.25, -0.2) is 0 Å². The summed E-state index contributed by atoms with van der Waals surface area (Å²) in [4.78, 5) is 0. The third-order valence-electron chi connectivity index (χ3n) is 4.36. The monoisotopic (exact) mass is 282 g/mol. The Balaban J connectivity index is 1.95. The molecule has 0 spiro atoms. The standard InChI is InChI=1S/C21H30/c1-3-5-7-8-9-11-19-13-15-20-16-18(10-6-4-2)12-14-21(20)17-19/h12-17H,3-11H2,1-2H3. The molecule has 0 radical (unpaired) electrons. The minimum absolute atomic E-state index is 1.21. The van der Waals surface area contributed by atoms with E-state index in [1.165, 1.54) is 79.7 Å². The zero-order chi connectivity index (χ0) is 14.9. The number of hydrogen-bond acceptors (Lipinski definition) is 0. The van der Waals surface area contributed by atoms with Crippen LogP contribution in [0.5, 0.6) is 0 Å². The molecule has 0 heterocycles. The zero-order valence-electron chi connectivity index (χ0n) is 13.8. The fourth-order valence-corrected chi connectivity index (χ4v) is 2.97. The molecular weight excluding hydrogens is 252 g/mol. The maximum absolute atomic E-state index is 2.39. The Morgan fingerprint density at radius 1 is 0.571 bits per heavy atom. The average molecular weight is 282 g/mol. The topological polar surface area (TPSA) is 0 Å². The molecule has 2 aromatic carbocycles. The Labute approximate surface area is 130 Å². The molecule has 0 bridgehead atoms. The lowest BCUT2D eigenvalue weighted by Gasteiger charge is -2.06. The summed E-state index contributed by atoms with van der Waals surface area (Å²) in [6.45, 7) is 4.53. The highest BCUT2D eigenvalue weighted by Gasteiger charge is 2.00. The smallest absolute Gasteiger partial charge is 0.0181 e. The van der Waals surface area contributed by atoms with E-state index in [-0.39, 0.29) is 0 Å². The maximum atomic E-state index is 2.39. The fraction of sp³-hybridized carbons (Fsp3) is 0.524. The first kappa shape index (κ1) is 16.1. The van der Waals surface area contributed by atoms with Gasteiger partial charge in [-0.05, 0) is 47.6 Å². The molecule has 21 heavy (non-hydrogen) atoms. The van der Waals surface area contributed by atoms with E-state index in [0.29, 0.717) is 0 Å². The molecule has 0 aliphatic heterocycles. The van der Waals surface area contributed by atoms with Crippen molar-refractivity contribution in [3.63, 3.8) is 0 Å². The first-order valence-electron chi connectivity index (χ1n) is 8.85. The molecule has 0 aliphatic carbocycles. The van der Waals surface area contributed by atoms with Gasteiger partial charge in [0.05, 0.1) is 0 Å². The second kappa shape index (κ2) is 8.87. The molecule has 0 aromatic heterocycles. The van der Waals surface area contributed by atoms with Crippen molar-refractivity contribution >= 4 is 10.8 Å². The second-order valence-electron chi connectivity index (χ2n) is 6.28. The van der Waals surface area contributed by atoms with Gasteiger partial charge in [-0.2, -0.15) is 0 Å². The molecule has 0 unspecified atom stereocenters. The molecule has 114 valence electrons. The highest BCUT2D eigenvalue weighted by molar-refractivity contribution is 5.83. The molecule has 0 nitrogen and oxygen atoms in total. The van der Waals surface area contributed by atoms with E-state index in [4.69, 9.17) is 0 Å². The largest absolute Gasteiger partial charge is 0.0654 e. The van der Waals surface area contributed by atoms with E-state index in [2.05, 4.69) is 50.2 Å². The summed E-state index contributed by atoms with van der Waals surface area (Å²) in [5, 5.41) is 2.81. The molecule has 0 fully saturated rings. The second-order valence-corrected chi connectivity index (χ2v) is 6.28. The average Bonchev–Trinajstić information content (AvgIpc) is 2.52. The maximum Gasteiger partial charge on any atom is -0.0181 e. The predicted molar refractivity (Wildman–Crippen MR) is 95.0 cm³/mol. The van der Waals surface area contributed by atoms with E-state index in [1.54, 1.807) is 0 Å². The predicted octanol–water partition coefficient (Wildman–Crippen LogP) is 6.70. The summed E-state index contributed by atoms with van der Waals surface area (Å²) in [5.41, 5.74) is 2.98. The number of hydrogen-bond donors (Lipinski definition) is 0. The SMILES string of the molecule is CCCCCCCc1ccc2cc(CCCC)ccc2c1. The van der Waals surface area contributed by atoms with Crippen molar-refractivity contribution < 1.29 is 0 Å². The van der Waals surface area contributed by atoms with Gasteiger partial charge in [-0.15, -0.1) is 0 Å². The van der Waals surface area contributed by atoms with Crippen LogP contribution in [0.25, 0.3) is 10.8 Å². The van der Waals surface area contributed by atoms with Crippen molar-refractivity contribution in [2.45, 2.75) is 71.6 Å². The third-order valence-corrected chi connectivity index (χ3v) is 4.36. The van der Waals surface area contributed by atoms with Crippen LogP contribution in [-0.2, 0) is 12.8 Å². The van der Waals surface area contributed by atoms with Crippen LogP contribution >= 0.6 is 0 Å².